The average molecular weight is 242 g/mol. The van der Waals surface area contributed by atoms with Crippen LogP contribution in [0.3, 0.4) is 0 Å². The number of rotatable bonds is 3. The van der Waals surface area contributed by atoms with Crippen LogP contribution < -0.4 is 5.73 Å². The molecular weight excluding hydrogens is 222 g/mol. The fourth-order valence-electron chi connectivity index (χ4n) is 2.39. The van der Waals surface area contributed by atoms with E-state index in [4.69, 9.17) is 17.3 Å². The Labute approximate surface area is 102 Å². The van der Waals surface area contributed by atoms with Crippen molar-refractivity contribution in [1.82, 2.24) is 9.55 Å². The molecule has 4 heteroatoms. The summed E-state index contributed by atoms with van der Waals surface area (Å²) in [6, 6.07) is 0. The molecule has 0 saturated heterocycles. The normalized spacial score (nSPS) is 20.2. The van der Waals surface area contributed by atoms with Gasteiger partial charge >= 0.3 is 0 Å². The summed E-state index contributed by atoms with van der Waals surface area (Å²) in [5, 5.41) is 0.840. The van der Waals surface area contributed by atoms with E-state index < -0.39 is 0 Å². The molecule has 0 aliphatic carbocycles. The Morgan fingerprint density at radius 1 is 1.56 bits per heavy atom. The number of aromatic nitrogens is 2. The standard InChI is InChI=1S/C12H20ClN3/c1-8(2)11-12(13)16-7-9(5-6-14)3-4-10(16)15-11/h8-9H,3-7,14H2,1-2H3. The highest BCUT2D eigenvalue weighted by Gasteiger charge is 2.24. The van der Waals surface area contributed by atoms with E-state index in [1.165, 1.54) is 6.42 Å². The van der Waals surface area contributed by atoms with Crippen LogP contribution in [0.5, 0.6) is 0 Å². The minimum Gasteiger partial charge on any atom is -0.330 e. The van der Waals surface area contributed by atoms with E-state index in [0.717, 1.165) is 42.6 Å². The van der Waals surface area contributed by atoms with Crippen molar-refractivity contribution in [1.29, 1.82) is 0 Å². The molecule has 1 aliphatic heterocycles. The van der Waals surface area contributed by atoms with Crippen LogP contribution in [-0.2, 0) is 13.0 Å². The largest absolute Gasteiger partial charge is 0.330 e. The van der Waals surface area contributed by atoms with Crippen LogP contribution in [0.4, 0.5) is 0 Å². The highest BCUT2D eigenvalue weighted by atomic mass is 35.5. The summed E-state index contributed by atoms with van der Waals surface area (Å²) in [7, 11) is 0. The van der Waals surface area contributed by atoms with Crippen LogP contribution in [-0.4, -0.2) is 16.1 Å². The SMILES string of the molecule is CC(C)c1nc2n(c1Cl)CC(CCN)CC2. The first-order chi connectivity index (χ1) is 7.63. The fraction of sp³-hybridized carbons (Fsp3) is 0.750. The molecule has 0 amide bonds. The van der Waals surface area contributed by atoms with Gasteiger partial charge in [-0.05, 0) is 31.2 Å². The summed E-state index contributed by atoms with van der Waals surface area (Å²) in [6.07, 6.45) is 3.32. The topological polar surface area (TPSA) is 43.8 Å². The number of hydrogen-bond donors (Lipinski definition) is 1. The van der Waals surface area contributed by atoms with Crippen LogP contribution in [0.2, 0.25) is 5.15 Å². The number of nitrogens with zero attached hydrogens (tertiary/aromatic N) is 2. The van der Waals surface area contributed by atoms with E-state index in [-0.39, 0.29) is 0 Å². The molecular formula is C12H20ClN3. The maximum atomic E-state index is 6.37. The van der Waals surface area contributed by atoms with Crippen LogP contribution in [0.15, 0.2) is 0 Å². The zero-order valence-electron chi connectivity index (χ0n) is 10.0. The summed E-state index contributed by atoms with van der Waals surface area (Å²) in [5.41, 5.74) is 6.66. The molecule has 16 heavy (non-hydrogen) atoms. The lowest BCUT2D eigenvalue weighted by molar-refractivity contribution is 0.349. The van der Waals surface area contributed by atoms with Crippen molar-refractivity contribution in [3.63, 3.8) is 0 Å². The number of imidazole rings is 1. The first kappa shape index (κ1) is 11.9. The van der Waals surface area contributed by atoms with E-state index in [1.807, 2.05) is 0 Å². The molecule has 0 aromatic carbocycles. The smallest absolute Gasteiger partial charge is 0.132 e. The molecule has 0 saturated carbocycles. The Bertz CT molecular complexity index is 371. The van der Waals surface area contributed by atoms with Crippen LogP contribution in [0.25, 0.3) is 0 Å². The third kappa shape index (κ3) is 2.11. The van der Waals surface area contributed by atoms with Gasteiger partial charge in [-0.3, -0.25) is 0 Å². The molecule has 3 nitrogen and oxygen atoms in total. The lowest BCUT2D eigenvalue weighted by Crippen LogP contribution is -2.22. The molecule has 0 spiro atoms. The third-order valence-corrected chi connectivity index (χ3v) is 3.75. The quantitative estimate of drug-likeness (QED) is 0.884. The number of hydrogen-bond acceptors (Lipinski definition) is 2. The zero-order chi connectivity index (χ0) is 11.7. The van der Waals surface area contributed by atoms with E-state index in [0.29, 0.717) is 11.8 Å². The number of nitrogens with two attached hydrogens (primary N) is 1. The Kier molecular flexibility index (Phi) is 3.55. The lowest BCUT2D eigenvalue weighted by Gasteiger charge is -2.23. The van der Waals surface area contributed by atoms with Gasteiger partial charge in [-0.25, -0.2) is 4.98 Å². The first-order valence-electron chi connectivity index (χ1n) is 6.08. The van der Waals surface area contributed by atoms with Gasteiger partial charge in [0.2, 0.25) is 0 Å². The van der Waals surface area contributed by atoms with E-state index in [1.54, 1.807) is 0 Å². The third-order valence-electron chi connectivity index (χ3n) is 3.35. The number of fused-ring (bicyclic) bond motifs is 1. The van der Waals surface area contributed by atoms with E-state index >= 15 is 0 Å². The maximum Gasteiger partial charge on any atom is 0.132 e. The van der Waals surface area contributed by atoms with Gasteiger partial charge in [-0.15, -0.1) is 0 Å². The predicted octanol–water partition coefficient (Wildman–Crippen LogP) is 2.57. The molecule has 0 radical (unpaired) electrons. The molecule has 2 N–H and O–H groups in total. The number of aryl methyl sites for hydroxylation is 1. The molecule has 1 atom stereocenters. The minimum absolute atomic E-state index is 0.401. The second kappa shape index (κ2) is 4.76. The molecule has 1 aliphatic rings. The Balaban J connectivity index is 2.24. The molecule has 2 rings (SSSR count). The average Bonchev–Trinajstić information content (AvgIpc) is 2.57. The summed E-state index contributed by atoms with van der Waals surface area (Å²) >= 11 is 6.37. The minimum atomic E-state index is 0.401. The Morgan fingerprint density at radius 2 is 2.31 bits per heavy atom. The van der Waals surface area contributed by atoms with Crippen molar-refractivity contribution in [2.24, 2.45) is 11.7 Å². The van der Waals surface area contributed by atoms with Gasteiger partial charge in [0, 0.05) is 13.0 Å². The van der Waals surface area contributed by atoms with Gasteiger partial charge < -0.3 is 10.3 Å². The summed E-state index contributed by atoms with van der Waals surface area (Å²) < 4.78 is 2.18. The Hall–Kier alpha value is -0.540. The second-order valence-electron chi connectivity index (χ2n) is 4.95. The van der Waals surface area contributed by atoms with Crippen molar-refractivity contribution in [3.05, 3.63) is 16.7 Å². The van der Waals surface area contributed by atoms with Crippen LogP contribution >= 0.6 is 11.6 Å². The van der Waals surface area contributed by atoms with Crippen molar-refractivity contribution in [2.75, 3.05) is 6.54 Å². The molecule has 0 bridgehead atoms. The Morgan fingerprint density at radius 3 is 2.94 bits per heavy atom. The predicted molar refractivity (Wildman–Crippen MR) is 66.8 cm³/mol. The van der Waals surface area contributed by atoms with Crippen molar-refractivity contribution in [2.45, 2.75) is 45.6 Å². The van der Waals surface area contributed by atoms with Gasteiger partial charge in [0.05, 0.1) is 5.69 Å². The van der Waals surface area contributed by atoms with Gasteiger partial charge in [0.1, 0.15) is 11.0 Å². The molecule has 1 aromatic rings. The van der Waals surface area contributed by atoms with Crippen molar-refractivity contribution < 1.29 is 0 Å². The van der Waals surface area contributed by atoms with Gasteiger partial charge in [-0.2, -0.15) is 0 Å². The summed E-state index contributed by atoms with van der Waals surface area (Å²) in [6.45, 7) is 6.03. The number of halogens is 1. The van der Waals surface area contributed by atoms with E-state index in [2.05, 4.69) is 23.4 Å². The highest BCUT2D eigenvalue weighted by molar-refractivity contribution is 6.30. The molecule has 2 heterocycles. The summed E-state index contributed by atoms with van der Waals surface area (Å²) in [5.74, 6) is 2.23. The van der Waals surface area contributed by atoms with Gasteiger partial charge in [-0.1, -0.05) is 25.4 Å². The summed E-state index contributed by atoms with van der Waals surface area (Å²) in [4.78, 5) is 4.64. The van der Waals surface area contributed by atoms with Crippen molar-refractivity contribution >= 4 is 11.6 Å². The molecule has 0 fully saturated rings. The zero-order valence-corrected chi connectivity index (χ0v) is 10.8. The van der Waals surface area contributed by atoms with Crippen molar-refractivity contribution in [3.8, 4) is 0 Å². The molecule has 1 unspecified atom stereocenters. The maximum absolute atomic E-state index is 6.37. The fourth-order valence-corrected chi connectivity index (χ4v) is 2.82. The highest BCUT2D eigenvalue weighted by Crippen LogP contribution is 2.31. The monoisotopic (exact) mass is 241 g/mol. The molecule has 90 valence electrons. The second-order valence-corrected chi connectivity index (χ2v) is 5.31. The van der Waals surface area contributed by atoms with Crippen LogP contribution in [0, 0.1) is 5.92 Å². The van der Waals surface area contributed by atoms with Crippen LogP contribution in [0.1, 0.15) is 44.1 Å². The van der Waals surface area contributed by atoms with Gasteiger partial charge in [0.25, 0.3) is 0 Å². The van der Waals surface area contributed by atoms with E-state index in [9.17, 15) is 0 Å². The molecule has 1 aromatic heterocycles. The van der Waals surface area contributed by atoms with Gasteiger partial charge in [0.15, 0.2) is 0 Å². The lowest BCUT2D eigenvalue weighted by atomic mass is 9.96. The first-order valence-corrected chi connectivity index (χ1v) is 6.46.